The summed E-state index contributed by atoms with van der Waals surface area (Å²) in [6, 6.07) is 4.64. The second-order valence-electron chi connectivity index (χ2n) is 4.64. The molecule has 1 aromatic rings. The van der Waals surface area contributed by atoms with Crippen LogP contribution in [0, 0.1) is 5.82 Å². The highest BCUT2D eigenvalue weighted by Gasteiger charge is 2.36. The van der Waals surface area contributed by atoms with Gasteiger partial charge in [0.15, 0.2) is 0 Å². The molecule has 2 nitrogen and oxygen atoms in total. The van der Waals surface area contributed by atoms with Crippen molar-refractivity contribution in [1.29, 1.82) is 0 Å². The normalized spacial score (nSPS) is 29.6. The van der Waals surface area contributed by atoms with E-state index in [1.54, 1.807) is 6.07 Å². The zero-order valence-corrected chi connectivity index (χ0v) is 10.5. The topological polar surface area (TPSA) is 46.2 Å². The van der Waals surface area contributed by atoms with Gasteiger partial charge in [-0.3, -0.25) is 0 Å². The maximum Gasteiger partial charge on any atom is 0.124 e. The molecule has 1 saturated carbocycles. The van der Waals surface area contributed by atoms with E-state index in [1.165, 1.54) is 12.1 Å². The van der Waals surface area contributed by atoms with Crippen molar-refractivity contribution in [2.24, 2.45) is 5.73 Å². The van der Waals surface area contributed by atoms with Gasteiger partial charge in [-0.25, -0.2) is 4.39 Å². The lowest BCUT2D eigenvalue weighted by molar-refractivity contribution is 0.0467. The Balaban J connectivity index is 2.14. The lowest BCUT2D eigenvalue weighted by Gasteiger charge is -2.23. The molecule has 1 aromatic carbocycles. The van der Waals surface area contributed by atoms with Crippen LogP contribution in [0.15, 0.2) is 22.7 Å². The third kappa shape index (κ3) is 2.62. The molecule has 0 bridgehead atoms. The minimum Gasteiger partial charge on any atom is -0.389 e. The Hall–Kier alpha value is -0.450. The van der Waals surface area contributed by atoms with Gasteiger partial charge in [0.25, 0.3) is 0 Å². The van der Waals surface area contributed by atoms with Gasteiger partial charge < -0.3 is 10.8 Å². The molecule has 1 aliphatic rings. The molecule has 3 N–H and O–H groups in total. The molecule has 0 aliphatic heterocycles. The Morgan fingerprint density at radius 1 is 1.56 bits per heavy atom. The zero-order valence-electron chi connectivity index (χ0n) is 8.92. The Morgan fingerprint density at radius 3 is 2.88 bits per heavy atom. The average Bonchev–Trinajstić information content (AvgIpc) is 2.52. The molecule has 0 amide bonds. The lowest BCUT2D eigenvalue weighted by Crippen LogP contribution is -2.30. The number of aliphatic hydroxyl groups is 1. The van der Waals surface area contributed by atoms with Crippen LogP contribution in [-0.4, -0.2) is 16.7 Å². The summed E-state index contributed by atoms with van der Waals surface area (Å²) in [5.41, 5.74) is 6.00. The number of hydrogen-bond donors (Lipinski definition) is 2. The minimum atomic E-state index is -0.722. The maximum absolute atomic E-state index is 12.9. The predicted octanol–water partition coefficient (Wildman–Crippen LogP) is 2.37. The first-order chi connectivity index (χ1) is 7.48. The Labute approximate surface area is 103 Å². The van der Waals surface area contributed by atoms with E-state index in [2.05, 4.69) is 15.9 Å². The van der Waals surface area contributed by atoms with Gasteiger partial charge in [-0.15, -0.1) is 0 Å². The molecule has 1 aliphatic carbocycles. The van der Waals surface area contributed by atoms with Crippen molar-refractivity contribution in [3.63, 3.8) is 0 Å². The second kappa shape index (κ2) is 4.43. The van der Waals surface area contributed by atoms with Crippen LogP contribution in [0.3, 0.4) is 0 Å². The van der Waals surface area contributed by atoms with E-state index in [-0.39, 0.29) is 11.9 Å². The minimum absolute atomic E-state index is 0.0872. The summed E-state index contributed by atoms with van der Waals surface area (Å²) >= 11 is 3.31. The van der Waals surface area contributed by atoms with Crippen molar-refractivity contribution < 1.29 is 9.50 Å². The third-order valence-corrected chi connectivity index (χ3v) is 3.90. The highest BCUT2D eigenvalue weighted by atomic mass is 79.9. The van der Waals surface area contributed by atoms with Crippen LogP contribution in [-0.2, 0) is 6.42 Å². The summed E-state index contributed by atoms with van der Waals surface area (Å²) in [4.78, 5) is 0. The molecular weight excluding hydrogens is 273 g/mol. The molecule has 88 valence electrons. The second-order valence-corrected chi connectivity index (χ2v) is 5.49. The van der Waals surface area contributed by atoms with E-state index in [0.717, 1.165) is 18.4 Å². The zero-order chi connectivity index (χ0) is 11.8. The summed E-state index contributed by atoms with van der Waals surface area (Å²) in [6.07, 6.45) is 2.73. The molecule has 4 heteroatoms. The molecule has 0 heterocycles. The fourth-order valence-electron chi connectivity index (χ4n) is 2.33. The number of benzene rings is 1. The Morgan fingerprint density at radius 2 is 2.31 bits per heavy atom. The SMILES string of the molecule is NC1CCC(O)(Cc2ccc(F)cc2Br)C1. The number of halogens is 2. The Kier molecular flexibility index (Phi) is 3.33. The number of rotatable bonds is 2. The first-order valence-corrected chi connectivity index (χ1v) is 6.20. The first-order valence-electron chi connectivity index (χ1n) is 5.40. The van der Waals surface area contributed by atoms with Crippen LogP contribution in [0.1, 0.15) is 24.8 Å². The van der Waals surface area contributed by atoms with E-state index in [1.807, 2.05) is 0 Å². The van der Waals surface area contributed by atoms with Gasteiger partial charge in [0, 0.05) is 16.9 Å². The van der Waals surface area contributed by atoms with Crippen LogP contribution >= 0.6 is 15.9 Å². The summed E-state index contributed by atoms with van der Waals surface area (Å²) < 4.78 is 13.6. The summed E-state index contributed by atoms with van der Waals surface area (Å²) in [6.45, 7) is 0. The van der Waals surface area contributed by atoms with Crippen molar-refractivity contribution in [3.8, 4) is 0 Å². The van der Waals surface area contributed by atoms with Crippen LogP contribution in [0.5, 0.6) is 0 Å². The van der Waals surface area contributed by atoms with E-state index >= 15 is 0 Å². The largest absolute Gasteiger partial charge is 0.389 e. The third-order valence-electron chi connectivity index (χ3n) is 3.16. The van der Waals surface area contributed by atoms with Crippen LogP contribution in [0.2, 0.25) is 0 Å². The van der Waals surface area contributed by atoms with Crippen LogP contribution in [0.25, 0.3) is 0 Å². The predicted molar refractivity (Wildman–Crippen MR) is 64.6 cm³/mol. The van der Waals surface area contributed by atoms with Gasteiger partial charge in [-0.1, -0.05) is 22.0 Å². The van der Waals surface area contributed by atoms with Gasteiger partial charge in [0.2, 0.25) is 0 Å². The van der Waals surface area contributed by atoms with Gasteiger partial charge >= 0.3 is 0 Å². The lowest BCUT2D eigenvalue weighted by atomic mass is 9.93. The summed E-state index contributed by atoms with van der Waals surface area (Å²) in [5.74, 6) is -0.272. The first kappa shape index (κ1) is 12.0. The smallest absolute Gasteiger partial charge is 0.124 e. The fraction of sp³-hybridized carbons (Fsp3) is 0.500. The average molecular weight is 288 g/mol. The maximum atomic E-state index is 12.9. The highest BCUT2D eigenvalue weighted by molar-refractivity contribution is 9.10. The molecule has 2 atom stereocenters. The molecule has 0 radical (unpaired) electrons. The van der Waals surface area contributed by atoms with E-state index in [9.17, 15) is 9.50 Å². The molecule has 16 heavy (non-hydrogen) atoms. The number of nitrogens with two attached hydrogens (primary N) is 1. The van der Waals surface area contributed by atoms with Crippen molar-refractivity contribution in [1.82, 2.24) is 0 Å². The Bertz CT molecular complexity index is 399. The standard InChI is InChI=1S/C12H15BrFNO/c13-11-5-9(14)2-1-8(11)6-12(16)4-3-10(15)7-12/h1-2,5,10,16H,3-4,6-7,15H2. The van der Waals surface area contributed by atoms with Crippen molar-refractivity contribution in [2.75, 3.05) is 0 Å². The van der Waals surface area contributed by atoms with Gasteiger partial charge in [0.1, 0.15) is 5.82 Å². The van der Waals surface area contributed by atoms with Crippen LogP contribution < -0.4 is 5.73 Å². The van der Waals surface area contributed by atoms with Crippen LogP contribution in [0.4, 0.5) is 4.39 Å². The molecular formula is C12H15BrFNO. The van der Waals surface area contributed by atoms with E-state index in [4.69, 9.17) is 5.73 Å². The van der Waals surface area contributed by atoms with Gasteiger partial charge in [0.05, 0.1) is 5.60 Å². The fourth-order valence-corrected chi connectivity index (χ4v) is 2.82. The number of hydrogen-bond acceptors (Lipinski definition) is 2. The highest BCUT2D eigenvalue weighted by Crippen LogP contribution is 2.33. The quantitative estimate of drug-likeness (QED) is 0.877. The van der Waals surface area contributed by atoms with Gasteiger partial charge in [-0.05, 0) is 37.0 Å². The molecule has 2 rings (SSSR count). The molecule has 0 saturated heterocycles. The van der Waals surface area contributed by atoms with E-state index < -0.39 is 5.60 Å². The molecule has 2 unspecified atom stereocenters. The molecule has 1 fully saturated rings. The van der Waals surface area contributed by atoms with Crippen molar-refractivity contribution >= 4 is 15.9 Å². The van der Waals surface area contributed by atoms with Gasteiger partial charge in [-0.2, -0.15) is 0 Å². The van der Waals surface area contributed by atoms with E-state index in [0.29, 0.717) is 17.3 Å². The summed E-state index contributed by atoms with van der Waals surface area (Å²) in [5, 5.41) is 10.3. The molecule has 0 spiro atoms. The summed E-state index contributed by atoms with van der Waals surface area (Å²) in [7, 11) is 0. The van der Waals surface area contributed by atoms with Crippen molar-refractivity contribution in [2.45, 2.75) is 37.3 Å². The monoisotopic (exact) mass is 287 g/mol. The van der Waals surface area contributed by atoms with Crippen molar-refractivity contribution in [3.05, 3.63) is 34.1 Å². The molecule has 0 aromatic heterocycles.